The minimum atomic E-state index is 0.795. The first-order valence-electron chi connectivity index (χ1n) is 10.1. The van der Waals surface area contributed by atoms with E-state index in [1.54, 1.807) is 0 Å². The fraction of sp³-hybridized carbons (Fsp3) is 0.269. The zero-order valence-corrected chi connectivity index (χ0v) is 16.8. The number of allylic oxidation sites excluding steroid dienone is 1. The van der Waals surface area contributed by atoms with Gasteiger partial charge >= 0.3 is 0 Å². The Balaban J connectivity index is 2.04. The highest BCUT2D eigenvalue weighted by Crippen LogP contribution is 2.41. The van der Waals surface area contributed by atoms with Crippen LogP contribution in [0, 0.1) is 18.3 Å². The van der Waals surface area contributed by atoms with Crippen molar-refractivity contribution >= 4 is 22.0 Å². The Hall–Kier alpha value is -3.05. The molecule has 4 rings (SSSR count). The highest BCUT2D eigenvalue weighted by molar-refractivity contribution is 6.00. The molecule has 1 fully saturated rings. The van der Waals surface area contributed by atoms with Crippen LogP contribution in [0.1, 0.15) is 42.9 Å². The number of piperidine rings is 1. The Morgan fingerprint density at radius 1 is 1.00 bits per heavy atom. The minimum Gasteiger partial charge on any atom is -0.370 e. The van der Waals surface area contributed by atoms with Crippen LogP contribution in [0.25, 0.3) is 27.5 Å². The van der Waals surface area contributed by atoms with Gasteiger partial charge < -0.3 is 4.90 Å². The summed E-state index contributed by atoms with van der Waals surface area (Å²) >= 11 is 0. The van der Waals surface area contributed by atoms with E-state index in [0.29, 0.717) is 0 Å². The fourth-order valence-corrected chi connectivity index (χ4v) is 4.55. The van der Waals surface area contributed by atoms with Gasteiger partial charge in [-0.25, -0.2) is 0 Å². The van der Waals surface area contributed by atoms with Gasteiger partial charge in [0.25, 0.3) is 0 Å². The summed E-state index contributed by atoms with van der Waals surface area (Å²) in [6.07, 6.45) is 3.66. The fourth-order valence-electron chi connectivity index (χ4n) is 4.55. The molecule has 0 saturated carbocycles. The van der Waals surface area contributed by atoms with Gasteiger partial charge in [0.05, 0.1) is 11.3 Å². The summed E-state index contributed by atoms with van der Waals surface area (Å²) < 4.78 is 0. The predicted octanol–water partition coefficient (Wildman–Crippen LogP) is 6.71. The van der Waals surface area contributed by atoms with Crippen LogP contribution in [0.3, 0.4) is 0 Å². The molecule has 2 heteroatoms. The Bertz CT molecular complexity index is 1090. The van der Waals surface area contributed by atoms with Gasteiger partial charge in [-0.05, 0) is 72.2 Å². The lowest BCUT2D eigenvalue weighted by Gasteiger charge is -2.31. The molecule has 1 heterocycles. The van der Waals surface area contributed by atoms with Crippen LogP contribution in [0.4, 0.5) is 5.69 Å². The summed E-state index contributed by atoms with van der Waals surface area (Å²) in [5.41, 5.74) is 7.41. The van der Waals surface area contributed by atoms with Gasteiger partial charge in [0.15, 0.2) is 0 Å². The summed E-state index contributed by atoms with van der Waals surface area (Å²) in [5.74, 6) is 0. The van der Waals surface area contributed by atoms with Gasteiger partial charge in [0.1, 0.15) is 6.07 Å². The van der Waals surface area contributed by atoms with Crippen molar-refractivity contribution in [2.45, 2.75) is 33.1 Å². The molecule has 1 aliphatic heterocycles. The smallest absolute Gasteiger partial charge is 0.102 e. The third-order valence-corrected chi connectivity index (χ3v) is 5.87. The molecule has 0 amide bonds. The van der Waals surface area contributed by atoms with Crippen LogP contribution in [0.2, 0.25) is 0 Å². The van der Waals surface area contributed by atoms with Crippen LogP contribution in [0.5, 0.6) is 0 Å². The average molecular weight is 367 g/mol. The van der Waals surface area contributed by atoms with E-state index in [9.17, 15) is 5.26 Å². The van der Waals surface area contributed by atoms with Crippen LogP contribution >= 0.6 is 0 Å². The van der Waals surface area contributed by atoms with Crippen LogP contribution in [0.15, 0.2) is 55.1 Å². The van der Waals surface area contributed by atoms with Crippen molar-refractivity contribution in [2.24, 2.45) is 0 Å². The van der Waals surface area contributed by atoms with Gasteiger partial charge in [0.2, 0.25) is 0 Å². The number of nitriles is 1. The molecule has 2 nitrogen and oxygen atoms in total. The van der Waals surface area contributed by atoms with E-state index >= 15 is 0 Å². The third kappa shape index (κ3) is 3.08. The Kier molecular flexibility index (Phi) is 4.92. The molecule has 3 aromatic carbocycles. The first-order chi connectivity index (χ1) is 13.6. The molecule has 1 saturated heterocycles. The maximum atomic E-state index is 9.96. The number of rotatable bonds is 3. The lowest BCUT2D eigenvalue weighted by Crippen LogP contribution is -2.30. The van der Waals surface area contributed by atoms with Crippen LogP contribution in [-0.4, -0.2) is 13.1 Å². The molecule has 0 aromatic heterocycles. The van der Waals surface area contributed by atoms with Crippen molar-refractivity contribution in [3.05, 3.63) is 71.8 Å². The van der Waals surface area contributed by atoms with Gasteiger partial charge in [0, 0.05) is 13.1 Å². The van der Waals surface area contributed by atoms with Gasteiger partial charge in [-0.2, -0.15) is 5.26 Å². The molecule has 0 unspecified atom stereocenters. The van der Waals surface area contributed by atoms with Crippen molar-refractivity contribution in [1.29, 1.82) is 5.26 Å². The second-order valence-corrected chi connectivity index (χ2v) is 7.78. The van der Waals surface area contributed by atoms with E-state index in [-0.39, 0.29) is 0 Å². The molecule has 0 N–H and O–H groups in total. The topological polar surface area (TPSA) is 27.0 Å². The maximum Gasteiger partial charge on any atom is 0.102 e. The van der Waals surface area contributed by atoms with Crippen molar-refractivity contribution < 1.29 is 0 Å². The number of benzene rings is 3. The summed E-state index contributed by atoms with van der Waals surface area (Å²) in [7, 11) is 0. The number of hydrogen-bond acceptors (Lipinski definition) is 2. The number of hydrogen-bond donors (Lipinski definition) is 0. The summed E-state index contributed by atoms with van der Waals surface area (Å²) in [5, 5.41) is 12.4. The van der Waals surface area contributed by atoms with E-state index in [4.69, 9.17) is 0 Å². The van der Waals surface area contributed by atoms with Crippen molar-refractivity contribution in [1.82, 2.24) is 0 Å². The lowest BCUT2D eigenvalue weighted by atomic mass is 9.86. The zero-order chi connectivity index (χ0) is 19.7. The second-order valence-electron chi connectivity index (χ2n) is 7.78. The molecule has 0 radical (unpaired) electrons. The van der Waals surface area contributed by atoms with E-state index < -0.39 is 0 Å². The monoisotopic (exact) mass is 366 g/mol. The molecule has 28 heavy (non-hydrogen) atoms. The van der Waals surface area contributed by atoms with Crippen molar-refractivity contribution in [2.75, 3.05) is 18.0 Å². The van der Waals surface area contributed by atoms with E-state index in [1.807, 2.05) is 6.92 Å². The molecule has 1 aliphatic rings. The third-order valence-electron chi connectivity index (χ3n) is 5.87. The van der Waals surface area contributed by atoms with Crippen molar-refractivity contribution in [3.63, 3.8) is 0 Å². The average Bonchev–Trinajstić information content (AvgIpc) is 2.73. The molecule has 0 aliphatic carbocycles. The van der Waals surface area contributed by atoms with E-state index in [2.05, 4.69) is 73.0 Å². The summed E-state index contributed by atoms with van der Waals surface area (Å²) in [4.78, 5) is 2.39. The lowest BCUT2D eigenvalue weighted by molar-refractivity contribution is 0.577. The minimum absolute atomic E-state index is 0.795. The molecular weight excluding hydrogens is 340 g/mol. The predicted molar refractivity (Wildman–Crippen MR) is 120 cm³/mol. The SMILES string of the molecule is C=C(C)c1c(-c2cccc3ccccc23)cc(N2CCCCC2)c(C#N)c1C. The molecule has 3 aromatic rings. The Morgan fingerprint density at radius 2 is 1.71 bits per heavy atom. The first kappa shape index (κ1) is 18.3. The molecule has 0 atom stereocenters. The zero-order valence-electron chi connectivity index (χ0n) is 16.8. The maximum absolute atomic E-state index is 9.96. The molecule has 0 bridgehead atoms. The first-order valence-corrected chi connectivity index (χ1v) is 10.1. The standard InChI is InChI=1S/C26H26N2/c1-18(2)26-19(3)24(17-27)25(28-14-7-4-8-15-28)16-23(26)22-13-9-11-20-10-5-6-12-21(20)22/h5-6,9-13,16H,1,4,7-8,14-15H2,2-3H3. The number of anilines is 1. The highest BCUT2D eigenvalue weighted by Gasteiger charge is 2.22. The number of fused-ring (bicyclic) bond motifs is 1. The second kappa shape index (κ2) is 7.52. The van der Waals surface area contributed by atoms with Gasteiger partial charge in [-0.1, -0.05) is 54.6 Å². The Morgan fingerprint density at radius 3 is 2.43 bits per heavy atom. The number of nitrogens with zero attached hydrogens (tertiary/aromatic N) is 2. The highest BCUT2D eigenvalue weighted by atomic mass is 15.1. The normalized spacial score (nSPS) is 14.1. The Labute approximate surface area is 167 Å². The largest absolute Gasteiger partial charge is 0.370 e. The molecule has 140 valence electrons. The molecule has 0 spiro atoms. The van der Waals surface area contributed by atoms with Gasteiger partial charge in [-0.15, -0.1) is 0 Å². The summed E-state index contributed by atoms with van der Waals surface area (Å²) in [6.45, 7) is 10.4. The summed E-state index contributed by atoms with van der Waals surface area (Å²) in [6, 6.07) is 19.7. The van der Waals surface area contributed by atoms with E-state index in [1.165, 1.54) is 41.2 Å². The van der Waals surface area contributed by atoms with Crippen LogP contribution in [-0.2, 0) is 0 Å². The molecular formula is C26H26N2. The van der Waals surface area contributed by atoms with E-state index in [0.717, 1.165) is 41.0 Å². The van der Waals surface area contributed by atoms with Crippen LogP contribution < -0.4 is 4.90 Å². The van der Waals surface area contributed by atoms with Gasteiger partial charge in [-0.3, -0.25) is 0 Å². The quantitative estimate of drug-likeness (QED) is 0.515. The van der Waals surface area contributed by atoms with Crippen molar-refractivity contribution in [3.8, 4) is 17.2 Å².